The SMILES string of the molecule is O=S(=O)(O)C(c1ccc(Cl)cc1)(c1cc(Cl)ccc1O)c1cc(Cl)c(Cl)cc1O. The molecule has 5 nitrogen and oxygen atoms in total. The van der Waals surface area contributed by atoms with E-state index in [4.69, 9.17) is 46.4 Å². The molecule has 3 aromatic rings. The van der Waals surface area contributed by atoms with E-state index in [0.29, 0.717) is 5.02 Å². The third-order valence-electron chi connectivity index (χ3n) is 4.39. The van der Waals surface area contributed by atoms with Gasteiger partial charge in [-0.05, 0) is 42.0 Å². The van der Waals surface area contributed by atoms with Crippen molar-refractivity contribution in [2.24, 2.45) is 0 Å². The van der Waals surface area contributed by atoms with E-state index in [1.54, 1.807) is 0 Å². The molecule has 0 amide bonds. The van der Waals surface area contributed by atoms with Gasteiger partial charge in [0.05, 0.1) is 10.0 Å². The van der Waals surface area contributed by atoms with E-state index in [-0.39, 0.29) is 31.8 Å². The van der Waals surface area contributed by atoms with Gasteiger partial charge in [0, 0.05) is 27.2 Å². The van der Waals surface area contributed by atoms with Crippen molar-refractivity contribution in [3.05, 3.63) is 91.4 Å². The number of aromatic hydroxyl groups is 2. The lowest BCUT2D eigenvalue weighted by atomic mass is 9.83. The second kappa shape index (κ2) is 7.87. The standard InChI is InChI=1S/C19H12Cl4O5S/c20-11-3-1-10(2-4-11)19(29(26,27)28,13-7-12(21)5-6-17(13)24)14-8-15(22)16(23)9-18(14)25/h1-9,24-25H,(H,26,27,28). The molecule has 1 atom stereocenters. The molecule has 0 saturated heterocycles. The zero-order valence-corrected chi connectivity index (χ0v) is 18.1. The van der Waals surface area contributed by atoms with Crippen LogP contribution in [-0.2, 0) is 14.9 Å². The summed E-state index contributed by atoms with van der Waals surface area (Å²) in [6, 6.07) is 11.3. The summed E-state index contributed by atoms with van der Waals surface area (Å²) in [4.78, 5) is 0. The van der Waals surface area contributed by atoms with Crippen LogP contribution in [0, 0.1) is 0 Å². The summed E-state index contributed by atoms with van der Waals surface area (Å²) in [5.74, 6) is -1.07. The third kappa shape index (κ3) is 3.77. The molecule has 0 aliphatic rings. The van der Waals surface area contributed by atoms with Gasteiger partial charge in [0.15, 0.2) is 4.75 Å². The number of hydrogen-bond acceptors (Lipinski definition) is 4. The van der Waals surface area contributed by atoms with Crippen molar-refractivity contribution in [1.29, 1.82) is 0 Å². The second-order valence-electron chi connectivity index (χ2n) is 6.11. The maximum Gasteiger partial charge on any atom is 0.283 e. The fourth-order valence-corrected chi connectivity index (χ4v) is 5.11. The van der Waals surface area contributed by atoms with Crippen LogP contribution in [0.1, 0.15) is 16.7 Å². The molecule has 1 unspecified atom stereocenters. The predicted octanol–water partition coefficient (Wildman–Crippen LogP) is 5.89. The molecular weight excluding hydrogens is 482 g/mol. The lowest BCUT2D eigenvalue weighted by Crippen LogP contribution is -2.38. The van der Waals surface area contributed by atoms with Crippen molar-refractivity contribution < 1.29 is 23.2 Å². The second-order valence-corrected chi connectivity index (χ2v) is 9.36. The lowest BCUT2D eigenvalue weighted by Gasteiger charge is -2.33. The molecule has 0 radical (unpaired) electrons. The van der Waals surface area contributed by atoms with E-state index >= 15 is 0 Å². The molecule has 0 heterocycles. The quantitative estimate of drug-likeness (QED) is 0.311. The average molecular weight is 494 g/mol. The molecule has 3 rings (SSSR count). The van der Waals surface area contributed by atoms with E-state index in [1.807, 2.05) is 0 Å². The summed E-state index contributed by atoms with van der Waals surface area (Å²) in [6.07, 6.45) is 0. The van der Waals surface area contributed by atoms with Crippen LogP contribution in [-0.4, -0.2) is 23.2 Å². The van der Waals surface area contributed by atoms with Gasteiger partial charge < -0.3 is 10.2 Å². The number of halogens is 4. The smallest absolute Gasteiger partial charge is 0.283 e. The molecule has 29 heavy (non-hydrogen) atoms. The molecule has 0 spiro atoms. The molecule has 3 N–H and O–H groups in total. The van der Waals surface area contributed by atoms with E-state index in [9.17, 15) is 23.2 Å². The molecule has 0 aromatic heterocycles. The average Bonchev–Trinajstić information content (AvgIpc) is 2.63. The maximum absolute atomic E-state index is 12.9. The first-order chi connectivity index (χ1) is 13.5. The first kappa shape index (κ1) is 22.0. The van der Waals surface area contributed by atoms with Gasteiger partial charge in [0.25, 0.3) is 10.1 Å². The molecular formula is C19H12Cl4O5S. The van der Waals surface area contributed by atoms with Crippen molar-refractivity contribution in [3.8, 4) is 11.5 Å². The summed E-state index contributed by atoms with van der Waals surface area (Å²) in [5, 5.41) is 21.4. The van der Waals surface area contributed by atoms with Crippen LogP contribution in [0.5, 0.6) is 11.5 Å². The van der Waals surface area contributed by atoms with Gasteiger partial charge in [-0.3, -0.25) is 4.55 Å². The Morgan fingerprint density at radius 3 is 1.79 bits per heavy atom. The van der Waals surface area contributed by atoms with E-state index in [1.165, 1.54) is 42.5 Å². The topological polar surface area (TPSA) is 94.8 Å². The number of phenolic OH excluding ortho intramolecular Hbond substituents is 2. The number of benzene rings is 3. The Kier molecular flexibility index (Phi) is 5.98. The highest BCUT2D eigenvalue weighted by Crippen LogP contribution is 2.51. The Morgan fingerprint density at radius 2 is 1.21 bits per heavy atom. The fraction of sp³-hybridized carbons (Fsp3) is 0.0526. The van der Waals surface area contributed by atoms with Crippen LogP contribution in [0.4, 0.5) is 0 Å². The lowest BCUT2D eigenvalue weighted by molar-refractivity contribution is 0.428. The van der Waals surface area contributed by atoms with E-state index in [0.717, 1.165) is 12.1 Å². The maximum atomic E-state index is 12.9. The van der Waals surface area contributed by atoms with Crippen molar-refractivity contribution in [1.82, 2.24) is 0 Å². The largest absolute Gasteiger partial charge is 0.508 e. The molecule has 0 bridgehead atoms. The van der Waals surface area contributed by atoms with Crippen LogP contribution < -0.4 is 0 Å². The Labute approximate surface area is 186 Å². The number of hydrogen-bond donors (Lipinski definition) is 3. The van der Waals surface area contributed by atoms with Gasteiger partial charge in [-0.25, -0.2) is 0 Å². The van der Waals surface area contributed by atoms with Crippen molar-refractivity contribution in [2.75, 3.05) is 0 Å². The van der Waals surface area contributed by atoms with Gasteiger partial charge in [-0.15, -0.1) is 0 Å². The van der Waals surface area contributed by atoms with Crippen LogP contribution >= 0.6 is 46.4 Å². The molecule has 0 aliphatic carbocycles. The molecule has 0 aliphatic heterocycles. The van der Waals surface area contributed by atoms with Crippen LogP contribution in [0.15, 0.2) is 54.6 Å². The third-order valence-corrected chi connectivity index (χ3v) is 7.05. The van der Waals surface area contributed by atoms with Gasteiger partial charge in [0.2, 0.25) is 0 Å². The summed E-state index contributed by atoms with van der Waals surface area (Å²) in [5.41, 5.74) is -0.673. The Bertz CT molecular complexity index is 1200. The predicted molar refractivity (Wildman–Crippen MR) is 114 cm³/mol. The van der Waals surface area contributed by atoms with Crippen molar-refractivity contribution >= 4 is 56.5 Å². The Morgan fingerprint density at radius 1 is 0.690 bits per heavy atom. The minimum absolute atomic E-state index is 0.0318. The van der Waals surface area contributed by atoms with Gasteiger partial charge in [0.1, 0.15) is 11.5 Å². The highest BCUT2D eigenvalue weighted by Gasteiger charge is 2.52. The Balaban J connectivity index is 2.61. The van der Waals surface area contributed by atoms with Crippen molar-refractivity contribution in [3.63, 3.8) is 0 Å². The summed E-state index contributed by atoms with van der Waals surface area (Å²) in [7, 11) is -5.11. The molecule has 10 heteroatoms. The van der Waals surface area contributed by atoms with Gasteiger partial charge in [-0.1, -0.05) is 58.5 Å². The molecule has 152 valence electrons. The van der Waals surface area contributed by atoms with E-state index < -0.39 is 26.4 Å². The highest BCUT2D eigenvalue weighted by molar-refractivity contribution is 7.87. The summed E-state index contributed by atoms with van der Waals surface area (Å²) in [6.45, 7) is 0. The van der Waals surface area contributed by atoms with Crippen LogP contribution in [0.2, 0.25) is 20.1 Å². The summed E-state index contributed by atoms with van der Waals surface area (Å²) < 4.78 is 33.8. The van der Waals surface area contributed by atoms with Crippen molar-refractivity contribution in [2.45, 2.75) is 4.75 Å². The zero-order chi connectivity index (χ0) is 21.6. The molecule has 0 saturated carbocycles. The molecule has 3 aromatic carbocycles. The van der Waals surface area contributed by atoms with Gasteiger partial charge in [-0.2, -0.15) is 8.42 Å². The van der Waals surface area contributed by atoms with Gasteiger partial charge >= 0.3 is 0 Å². The Hall–Kier alpha value is -1.67. The zero-order valence-electron chi connectivity index (χ0n) is 14.3. The van der Waals surface area contributed by atoms with E-state index in [2.05, 4.69) is 0 Å². The minimum Gasteiger partial charge on any atom is -0.508 e. The van der Waals surface area contributed by atoms with Crippen LogP contribution in [0.3, 0.4) is 0 Å². The first-order valence-electron chi connectivity index (χ1n) is 7.89. The fourth-order valence-electron chi connectivity index (χ4n) is 3.18. The number of phenols is 2. The minimum atomic E-state index is -5.11. The summed E-state index contributed by atoms with van der Waals surface area (Å²) >= 11 is 24.0. The molecule has 0 fully saturated rings. The highest BCUT2D eigenvalue weighted by atomic mass is 35.5. The first-order valence-corrected chi connectivity index (χ1v) is 10.8. The monoisotopic (exact) mass is 492 g/mol. The normalized spacial score (nSPS) is 13.8. The number of rotatable bonds is 4. The van der Waals surface area contributed by atoms with Crippen LogP contribution in [0.25, 0.3) is 0 Å².